The van der Waals surface area contributed by atoms with Crippen LogP contribution >= 0.6 is 0 Å². The van der Waals surface area contributed by atoms with E-state index in [0.717, 1.165) is 16.6 Å². The molecule has 4 heteroatoms. The zero-order chi connectivity index (χ0) is 10.7. The number of aliphatic carboxylic acids is 1. The molecule has 0 bridgehead atoms. The van der Waals surface area contributed by atoms with E-state index in [1.165, 1.54) is 0 Å². The Morgan fingerprint density at radius 2 is 2.40 bits per heavy atom. The third-order valence-corrected chi connectivity index (χ3v) is 1.92. The molecule has 0 aromatic carbocycles. The molecule has 0 aliphatic heterocycles. The molecule has 0 radical (unpaired) electrons. The van der Waals surface area contributed by atoms with Crippen molar-refractivity contribution in [3.63, 3.8) is 0 Å². The van der Waals surface area contributed by atoms with E-state index in [-0.39, 0.29) is 6.42 Å². The van der Waals surface area contributed by atoms with Crippen LogP contribution in [0.4, 0.5) is 0 Å². The van der Waals surface area contributed by atoms with E-state index in [1.54, 1.807) is 18.5 Å². The molecule has 0 unspecified atom stereocenters. The van der Waals surface area contributed by atoms with Gasteiger partial charge in [0.25, 0.3) is 0 Å². The second-order valence-electron chi connectivity index (χ2n) is 2.97. The highest BCUT2D eigenvalue weighted by molar-refractivity contribution is 5.82. The number of H-pyrrole nitrogens is 1. The van der Waals surface area contributed by atoms with Crippen LogP contribution in [0.1, 0.15) is 12.0 Å². The lowest BCUT2D eigenvalue weighted by Gasteiger charge is -1.91. The first-order chi connectivity index (χ1) is 7.27. The maximum atomic E-state index is 10.3. The van der Waals surface area contributed by atoms with E-state index in [0.29, 0.717) is 0 Å². The lowest BCUT2D eigenvalue weighted by atomic mass is 10.2. The fourth-order valence-corrected chi connectivity index (χ4v) is 1.28. The Morgan fingerprint density at radius 1 is 1.53 bits per heavy atom. The van der Waals surface area contributed by atoms with Crippen molar-refractivity contribution < 1.29 is 9.90 Å². The minimum Gasteiger partial charge on any atom is -0.481 e. The molecule has 0 aliphatic rings. The summed E-state index contributed by atoms with van der Waals surface area (Å²) in [5.74, 6) is 4.49. The lowest BCUT2D eigenvalue weighted by Crippen LogP contribution is -1.90. The van der Waals surface area contributed by atoms with Gasteiger partial charge in [-0.05, 0) is 12.1 Å². The van der Waals surface area contributed by atoms with Gasteiger partial charge in [-0.15, -0.1) is 0 Å². The van der Waals surface area contributed by atoms with Crippen molar-refractivity contribution in [1.29, 1.82) is 0 Å². The minimum atomic E-state index is -0.915. The summed E-state index contributed by atoms with van der Waals surface area (Å²) in [6.07, 6.45) is 3.28. The standard InChI is InChI=1S/C11H8N2O2/c14-10(15)3-1-2-8-4-6-12-11-9(8)5-7-13-11/h4-7H,3H2,(H,12,13)(H,14,15). The molecule has 2 aromatic heterocycles. The van der Waals surface area contributed by atoms with Crippen LogP contribution in [0.25, 0.3) is 11.0 Å². The van der Waals surface area contributed by atoms with Crippen LogP contribution in [0.3, 0.4) is 0 Å². The largest absolute Gasteiger partial charge is 0.481 e. The van der Waals surface area contributed by atoms with Crippen LogP contribution in [0.15, 0.2) is 24.5 Å². The van der Waals surface area contributed by atoms with E-state index in [4.69, 9.17) is 5.11 Å². The fraction of sp³-hybridized carbons (Fsp3) is 0.0909. The van der Waals surface area contributed by atoms with Crippen LogP contribution in [0.5, 0.6) is 0 Å². The molecule has 2 N–H and O–H groups in total. The SMILES string of the molecule is O=C(O)CC#Cc1ccnc2[nH]ccc12. The molecule has 0 saturated carbocycles. The monoisotopic (exact) mass is 200 g/mol. The number of carboxylic acids is 1. The van der Waals surface area contributed by atoms with Crippen molar-refractivity contribution in [2.24, 2.45) is 0 Å². The first-order valence-corrected chi connectivity index (χ1v) is 4.40. The number of carboxylic acid groups (broad SMARTS) is 1. The lowest BCUT2D eigenvalue weighted by molar-refractivity contribution is -0.135. The average molecular weight is 200 g/mol. The Morgan fingerprint density at radius 3 is 3.20 bits per heavy atom. The van der Waals surface area contributed by atoms with Crippen LogP contribution < -0.4 is 0 Å². The smallest absolute Gasteiger partial charge is 0.315 e. The number of hydrogen-bond acceptors (Lipinski definition) is 2. The Hall–Kier alpha value is -2.28. The Kier molecular flexibility index (Phi) is 2.38. The van der Waals surface area contributed by atoms with Gasteiger partial charge in [0.2, 0.25) is 0 Å². The van der Waals surface area contributed by atoms with Crippen molar-refractivity contribution in [2.75, 3.05) is 0 Å². The predicted octanol–water partition coefficient (Wildman–Crippen LogP) is 1.39. The van der Waals surface area contributed by atoms with Crippen molar-refractivity contribution in [1.82, 2.24) is 9.97 Å². The number of carbonyl (C=O) groups is 1. The normalized spacial score (nSPS) is 9.60. The van der Waals surface area contributed by atoms with Crippen LogP contribution in [-0.2, 0) is 4.79 Å². The quantitative estimate of drug-likeness (QED) is 0.683. The summed E-state index contributed by atoms with van der Waals surface area (Å²) in [5, 5.41) is 9.36. The number of aromatic amines is 1. The summed E-state index contributed by atoms with van der Waals surface area (Å²) < 4.78 is 0. The highest BCUT2D eigenvalue weighted by Crippen LogP contribution is 2.13. The molecule has 0 aliphatic carbocycles. The number of aromatic nitrogens is 2. The van der Waals surface area contributed by atoms with Gasteiger partial charge >= 0.3 is 5.97 Å². The molecule has 0 saturated heterocycles. The molecule has 0 fully saturated rings. The molecular weight excluding hydrogens is 192 g/mol. The predicted molar refractivity (Wildman–Crippen MR) is 55.2 cm³/mol. The summed E-state index contributed by atoms with van der Waals surface area (Å²) in [4.78, 5) is 17.4. The van der Waals surface area contributed by atoms with E-state index in [9.17, 15) is 4.79 Å². The third-order valence-electron chi connectivity index (χ3n) is 1.92. The third kappa shape index (κ3) is 1.97. The zero-order valence-corrected chi connectivity index (χ0v) is 7.82. The number of hydrogen-bond donors (Lipinski definition) is 2. The number of nitrogens with zero attached hydrogens (tertiary/aromatic N) is 1. The van der Waals surface area contributed by atoms with Crippen molar-refractivity contribution in [3.05, 3.63) is 30.1 Å². The molecule has 2 heterocycles. The van der Waals surface area contributed by atoms with Crippen LogP contribution in [-0.4, -0.2) is 21.0 Å². The summed E-state index contributed by atoms with van der Waals surface area (Å²) in [6, 6.07) is 3.64. The van der Waals surface area contributed by atoms with Gasteiger partial charge in [0.1, 0.15) is 12.1 Å². The molecule has 4 nitrogen and oxygen atoms in total. The maximum absolute atomic E-state index is 10.3. The van der Waals surface area contributed by atoms with Gasteiger partial charge < -0.3 is 10.1 Å². The van der Waals surface area contributed by atoms with E-state index in [1.807, 2.05) is 6.07 Å². The molecule has 0 amide bonds. The summed E-state index contributed by atoms with van der Waals surface area (Å²) in [6.45, 7) is 0. The Labute approximate surface area is 86.0 Å². The molecule has 0 atom stereocenters. The molecule has 74 valence electrons. The number of rotatable bonds is 1. The highest BCUT2D eigenvalue weighted by atomic mass is 16.4. The molecular formula is C11H8N2O2. The summed E-state index contributed by atoms with van der Waals surface area (Å²) in [7, 11) is 0. The van der Waals surface area contributed by atoms with Crippen molar-refractivity contribution in [3.8, 4) is 11.8 Å². The first kappa shape index (κ1) is 9.28. The van der Waals surface area contributed by atoms with Gasteiger partial charge in [-0.2, -0.15) is 0 Å². The molecule has 15 heavy (non-hydrogen) atoms. The first-order valence-electron chi connectivity index (χ1n) is 4.40. The van der Waals surface area contributed by atoms with Crippen molar-refractivity contribution >= 4 is 17.0 Å². The topological polar surface area (TPSA) is 66.0 Å². The number of pyridine rings is 1. The van der Waals surface area contributed by atoms with Gasteiger partial charge in [-0.25, -0.2) is 4.98 Å². The molecule has 2 rings (SSSR count). The van der Waals surface area contributed by atoms with E-state index >= 15 is 0 Å². The van der Waals surface area contributed by atoms with Gasteiger partial charge in [-0.1, -0.05) is 11.8 Å². The second kappa shape index (κ2) is 3.84. The Bertz CT molecular complexity index is 560. The van der Waals surface area contributed by atoms with E-state index in [2.05, 4.69) is 21.8 Å². The molecule has 0 spiro atoms. The van der Waals surface area contributed by atoms with Gasteiger partial charge in [0, 0.05) is 23.3 Å². The average Bonchev–Trinajstić information content (AvgIpc) is 2.65. The van der Waals surface area contributed by atoms with Gasteiger partial charge in [-0.3, -0.25) is 4.79 Å². The summed E-state index contributed by atoms with van der Waals surface area (Å²) >= 11 is 0. The van der Waals surface area contributed by atoms with Crippen LogP contribution in [0.2, 0.25) is 0 Å². The van der Waals surface area contributed by atoms with Gasteiger partial charge in [0.05, 0.1) is 0 Å². The highest BCUT2D eigenvalue weighted by Gasteiger charge is 1.99. The van der Waals surface area contributed by atoms with Gasteiger partial charge in [0.15, 0.2) is 0 Å². The second-order valence-corrected chi connectivity index (χ2v) is 2.97. The molecule has 2 aromatic rings. The Balaban J connectivity index is 2.37. The minimum absolute atomic E-state index is 0.145. The number of nitrogens with one attached hydrogen (secondary N) is 1. The fourth-order valence-electron chi connectivity index (χ4n) is 1.28. The van der Waals surface area contributed by atoms with E-state index < -0.39 is 5.97 Å². The van der Waals surface area contributed by atoms with Crippen LogP contribution in [0, 0.1) is 11.8 Å². The maximum Gasteiger partial charge on any atom is 0.315 e. The number of fused-ring (bicyclic) bond motifs is 1. The van der Waals surface area contributed by atoms with Crippen molar-refractivity contribution in [2.45, 2.75) is 6.42 Å². The summed E-state index contributed by atoms with van der Waals surface area (Å²) in [5.41, 5.74) is 1.56. The zero-order valence-electron chi connectivity index (χ0n) is 7.82.